The number of likely N-dealkylation sites (N-methyl/N-ethyl adjacent to an activating group) is 1. The normalized spacial score (nSPS) is 22.9. The van der Waals surface area contributed by atoms with Crippen molar-refractivity contribution in [1.82, 2.24) is 9.80 Å². The van der Waals surface area contributed by atoms with Crippen molar-refractivity contribution in [3.05, 3.63) is 0 Å². The Hall–Kier alpha value is -1.10. The maximum atomic E-state index is 12.3. The van der Waals surface area contributed by atoms with Gasteiger partial charge in [-0.25, -0.2) is 0 Å². The molecule has 1 fully saturated rings. The minimum atomic E-state index is -0.831. The van der Waals surface area contributed by atoms with Crippen molar-refractivity contribution in [2.24, 2.45) is 5.92 Å². The molecule has 1 amide bonds. The Balaban J connectivity index is 2.59. The van der Waals surface area contributed by atoms with Crippen LogP contribution in [0, 0.1) is 5.92 Å². The van der Waals surface area contributed by atoms with Crippen LogP contribution in [0.15, 0.2) is 0 Å². The highest BCUT2D eigenvalue weighted by atomic mass is 16.4. The smallest absolute Gasteiger partial charge is 0.303 e. The van der Waals surface area contributed by atoms with Gasteiger partial charge in [0, 0.05) is 32.0 Å². The summed E-state index contributed by atoms with van der Waals surface area (Å²) in [6.45, 7) is 6.66. The summed E-state index contributed by atoms with van der Waals surface area (Å²) in [5.74, 6) is -0.817. The third-order valence-corrected chi connectivity index (χ3v) is 3.74. The summed E-state index contributed by atoms with van der Waals surface area (Å²) in [7, 11) is 2.09. The summed E-state index contributed by atoms with van der Waals surface area (Å²) in [6, 6.07) is 0.261. The molecule has 0 radical (unpaired) electrons. The molecule has 0 aliphatic carbocycles. The zero-order valence-electron chi connectivity index (χ0n) is 12.3. The van der Waals surface area contributed by atoms with Crippen LogP contribution in [-0.2, 0) is 9.59 Å². The molecule has 1 saturated heterocycles. The minimum Gasteiger partial charge on any atom is -0.481 e. The predicted octanol–water partition coefficient (Wildman–Crippen LogP) is 1.43. The average Bonchev–Trinajstić information content (AvgIpc) is 2.49. The molecule has 1 N–H and O–H groups in total. The molecule has 5 heteroatoms. The fourth-order valence-corrected chi connectivity index (χ4v) is 2.71. The molecular weight excluding hydrogens is 244 g/mol. The van der Waals surface area contributed by atoms with Gasteiger partial charge in [-0.1, -0.05) is 13.8 Å². The highest BCUT2D eigenvalue weighted by Gasteiger charge is 2.27. The molecule has 0 saturated carbocycles. The van der Waals surface area contributed by atoms with E-state index in [-0.39, 0.29) is 24.3 Å². The Labute approximate surface area is 115 Å². The molecule has 0 aromatic carbocycles. The molecule has 1 heterocycles. The van der Waals surface area contributed by atoms with Crippen molar-refractivity contribution in [2.75, 3.05) is 26.7 Å². The lowest BCUT2D eigenvalue weighted by Crippen LogP contribution is -2.44. The molecular formula is C14H26N2O3. The van der Waals surface area contributed by atoms with Gasteiger partial charge < -0.3 is 14.9 Å². The molecule has 0 spiro atoms. The van der Waals surface area contributed by atoms with Gasteiger partial charge in [0.15, 0.2) is 0 Å². The lowest BCUT2D eigenvalue weighted by atomic mass is 10.0. The Bertz CT molecular complexity index is 320. The monoisotopic (exact) mass is 270 g/mol. The second-order valence-corrected chi connectivity index (χ2v) is 5.67. The zero-order valence-corrected chi connectivity index (χ0v) is 12.3. The largest absolute Gasteiger partial charge is 0.481 e. The van der Waals surface area contributed by atoms with E-state index in [0.29, 0.717) is 6.42 Å². The SMILES string of the molecule is CCC1CN(C)CCCN1C(=O)CC(C)CC(=O)O. The van der Waals surface area contributed by atoms with Crippen molar-refractivity contribution in [3.63, 3.8) is 0 Å². The fraction of sp³-hybridized carbons (Fsp3) is 0.857. The first kappa shape index (κ1) is 16.0. The van der Waals surface area contributed by atoms with Gasteiger partial charge in [0.1, 0.15) is 0 Å². The summed E-state index contributed by atoms with van der Waals surface area (Å²) in [5, 5.41) is 8.75. The van der Waals surface area contributed by atoms with Gasteiger partial charge in [-0.2, -0.15) is 0 Å². The number of hydrogen-bond acceptors (Lipinski definition) is 3. The second kappa shape index (κ2) is 7.48. The van der Waals surface area contributed by atoms with Crippen molar-refractivity contribution >= 4 is 11.9 Å². The van der Waals surface area contributed by atoms with Crippen LogP contribution in [0.4, 0.5) is 0 Å². The van der Waals surface area contributed by atoms with E-state index in [1.165, 1.54) is 0 Å². The van der Waals surface area contributed by atoms with Crippen molar-refractivity contribution in [2.45, 2.75) is 45.6 Å². The highest BCUT2D eigenvalue weighted by Crippen LogP contribution is 2.17. The van der Waals surface area contributed by atoms with Gasteiger partial charge in [0.05, 0.1) is 0 Å². The number of hydrogen-bond donors (Lipinski definition) is 1. The van der Waals surface area contributed by atoms with E-state index in [9.17, 15) is 9.59 Å². The molecule has 5 nitrogen and oxygen atoms in total. The summed E-state index contributed by atoms with van der Waals surface area (Å²) in [5.41, 5.74) is 0. The number of rotatable bonds is 5. The number of carboxylic acids is 1. The quantitative estimate of drug-likeness (QED) is 0.821. The lowest BCUT2D eigenvalue weighted by Gasteiger charge is -2.31. The second-order valence-electron chi connectivity index (χ2n) is 5.67. The van der Waals surface area contributed by atoms with Crippen molar-refractivity contribution in [1.29, 1.82) is 0 Å². The van der Waals surface area contributed by atoms with E-state index in [0.717, 1.165) is 32.5 Å². The Kier molecular flexibility index (Phi) is 6.28. The number of carbonyl (C=O) groups is 2. The topological polar surface area (TPSA) is 60.9 Å². The maximum Gasteiger partial charge on any atom is 0.303 e. The first-order valence-electron chi connectivity index (χ1n) is 7.13. The van der Waals surface area contributed by atoms with E-state index in [1.807, 2.05) is 11.8 Å². The number of nitrogens with zero attached hydrogens (tertiary/aromatic N) is 2. The maximum absolute atomic E-state index is 12.3. The van der Waals surface area contributed by atoms with Gasteiger partial charge in [0.25, 0.3) is 0 Å². The van der Waals surface area contributed by atoms with Gasteiger partial charge >= 0.3 is 5.97 Å². The third kappa shape index (κ3) is 5.19. The highest BCUT2D eigenvalue weighted by molar-refractivity contribution is 5.77. The Morgan fingerprint density at radius 2 is 2.00 bits per heavy atom. The molecule has 110 valence electrons. The minimum absolute atomic E-state index is 0.0657. The van der Waals surface area contributed by atoms with Gasteiger partial charge in [-0.15, -0.1) is 0 Å². The van der Waals surface area contributed by atoms with Crippen LogP contribution in [0.25, 0.3) is 0 Å². The number of aliphatic carboxylic acids is 1. The van der Waals surface area contributed by atoms with Crippen LogP contribution in [0.3, 0.4) is 0 Å². The van der Waals surface area contributed by atoms with E-state index >= 15 is 0 Å². The molecule has 1 rings (SSSR count). The van der Waals surface area contributed by atoms with Crippen molar-refractivity contribution < 1.29 is 14.7 Å². The van der Waals surface area contributed by atoms with Crippen LogP contribution in [-0.4, -0.2) is 59.5 Å². The number of carbonyl (C=O) groups excluding carboxylic acids is 1. The van der Waals surface area contributed by atoms with Gasteiger partial charge in [-0.3, -0.25) is 9.59 Å². The van der Waals surface area contributed by atoms with E-state index in [4.69, 9.17) is 5.11 Å². The van der Waals surface area contributed by atoms with E-state index < -0.39 is 5.97 Å². The van der Waals surface area contributed by atoms with Gasteiger partial charge in [-0.05, 0) is 32.4 Å². The van der Waals surface area contributed by atoms with Crippen molar-refractivity contribution in [3.8, 4) is 0 Å². The summed E-state index contributed by atoms with van der Waals surface area (Å²) in [6.07, 6.45) is 2.35. The predicted molar refractivity (Wildman–Crippen MR) is 73.9 cm³/mol. The first-order chi connectivity index (χ1) is 8.93. The number of carboxylic acid groups (broad SMARTS) is 1. The Morgan fingerprint density at radius 3 is 2.58 bits per heavy atom. The zero-order chi connectivity index (χ0) is 14.4. The molecule has 0 bridgehead atoms. The number of amides is 1. The fourth-order valence-electron chi connectivity index (χ4n) is 2.71. The van der Waals surface area contributed by atoms with Crippen LogP contribution in [0.1, 0.15) is 39.5 Å². The summed E-state index contributed by atoms with van der Waals surface area (Å²) >= 11 is 0. The molecule has 19 heavy (non-hydrogen) atoms. The van der Waals surface area contributed by atoms with Crippen LogP contribution in [0.2, 0.25) is 0 Å². The summed E-state index contributed by atoms with van der Waals surface area (Å²) in [4.78, 5) is 27.2. The first-order valence-corrected chi connectivity index (χ1v) is 7.13. The van der Waals surface area contributed by atoms with Crippen LogP contribution < -0.4 is 0 Å². The molecule has 1 aliphatic rings. The third-order valence-electron chi connectivity index (χ3n) is 3.74. The average molecular weight is 270 g/mol. The molecule has 2 atom stereocenters. The summed E-state index contributed by atoms with van der Waals surface area (Å²) < 4.78 is 0. The van der Waals surface area contributed by atoms with E-state index in [1.54, 1.807) is 0 Å². The van der Waals surface area contributed by atoms with Crippen LogP contribution >= 0.6 is 0 Å². The lowest BCUT2D eigenvalue weighted by molar-refractivity contribution is -0.139. The van der Waals surface area contributed by atoms with Gasteiger partial charge in [0.2, 0.25) is 5.91 Å². The molecule has 2 unspecified atom stereocenters. The molecule has 1 aliphatic heterocycles. The molecule has 0 aromatic rings. The standard InChI is InChI=1S/C14H26N2O3/c1-4-12-10-15(3)6-5-7-16(12)13(17)8-11(2)9-14(18)19/h11-12H,4-10H2,1-3H3,(H,18,19). The van der Waals surface area contributed by atoms with Crippen LogP contribution in [0.5, 0.6) is 0 Å². The molecule has 0 aromatic heterocycles. The van der Waals surface area contributed by atoms with E-state index in [2.05, 4.69) is 18.9 Å². The Morgan fingerprint density at radius 1 is 1.32 bits per heavy atom.